The van der Waals surface area contributed by atoms with Crippen LogP contribution in [0.2, 0.25) is 0 Å². The SMILES string of the molecule is COC(=O)C(C)CNC(CO)CC(C)C. The number of carbonyl (C=O) groups is 1. The van der Waals surface area contributed by atoms with Gasteiger partial charge in [0.1, 0.15) is 0 Å². The zero-order valence-electron chi connectivity index (χ0n) is 10.1. The Morgan fingerprint density at radius 1 is 1.40 bits per heavy atom. The minimum atomic E-state index is -0.219. The maximum Gasteiger partial charge on any atom is 0.309 e. The zero-order chi connectivity index (χ0) is 11.8. The summed E-state index contributed by atoms with van der Waals surface area (Å²) < 4.78 is 4.62. The molecule has 0 aromatic rings. The van der Waals surface area contributed by atoms with Crippen molar-refractivity contribution in [3.05, 3.63) is 0 Å². The van der Waals surface area contributed by atoms with Gasteiger partial charge in [0.2, 0.25) is 0 Å². The molecule has 90 valence electrons. The Hall–Kier alpha value is -0.610. The average Bonchev–Trinajstić information content (AvgIpc) is 2.21. The van der Waals surface area contributed by atoms with Gasteiger partial charge in [0.15, 0.2) is 0 Å². The first kappa shape index (κ1) is 14.4. The lowest BCUT2D eigenvalue weighted by molar-refractivity contribution is -0.144. The Labute approximate surface area is 92.0 Å². The fraction of sp³-hybridized carbons (Fsp3) is 0.909. The van der Waals surface area contributed by atoms with Gasteiger partial charge >= 0.3 is 5.97 Å². The number of rotatable bonds is 7. The number of methoxy groups -OCH3 is 1. The van der Waals surface area contributed by atoms with E-state index < -0.39 is 0 Å². The maximum atomic E-state index is 11.1. The van der Waals surface area contributed by atoms with Gasteiger partial charge in [-0.25, -0.2) is 0 Å². The molecule has 15 heavy (non-hydrogen) atoms. The van der Waals surface area contributed by atoms with Gasteiger partial charge in [-0.15, -0.1) is 0 Å². The average molecular weight is 217 g/mol. The van der Waals surface area contributed by atoms with Crippen LogP contribution in [0.15, 0.2) is 0 Å². The van der Waals surface area contributed by atoms with Gasteiger partial charge in [-0.3, -0.25) is 4.79 Å². The molecule has 0 aromatic heterocycles. The number of carbonyl (C=O) groups excluding carboxylic acids is 1. The summed E-state index contributed by atoms with van der Waals surface area (Å²) in [5, 5.41) is 12.3. The minimum Gasteiger partial charge on any atom is -0.469 e. The van der Waals surface area contributed by atoms with E-state index in [1.165, 1.54) is 7.11 Å². The quantitative estimate of drug-likeness (QED) is 0.619. The smallest absolute Gasteiger partial charge is 0.309 e. The van der Waals surface area contributed by atoms with Crippen molar-refractivity contribution in [3.63, 3.8) is 0 Å². The van der Waals surface area contributed by atoms with Crippen molar-refractivity contribution in [3.8, 4) is 0 Å². The molecule has 2 N–H and O–H groups in total. The van der Waals surface area contributed by atoms with Crippen molar-refractivity contribution >= 4 is 5.97 Å². The molecule has 0 amide bonds. The monoisotopic (exact) mass is 217 g/mol. The topological polar surface area (TPSA) is 58.6 Å². The Bertz CT molecular complexity index is 183. The van der Waals surface area contributed by atoms with Gasteiger partial charge in [0.25, 0.3) is 0 Å². The molecule has 0 rings (SSSR count). The molecule has 0 saturated heterocycles. The number of aliphatic hydroxyl groups excluding tert-OH is 1. The summed E-state index contributed by atoms with van der Waals surface area (Å²) >= 11 is 0. The number of hydrogen-bond acceptors (Lipinski definition) is 4. The van der Waals surface area contributed by atoms with E-state index in [0.717, 1.165) is 6.42 Å². The van der Waals surface area contributed by atoms with Crippen LogP contribution in [0.1, 0.15) is 27.2 Å². The summed E-state index contributed by atoms with van der Waals surface area (Å²) in [7, 11) is 1.39. The molecular weight excluding hydrogens is 194 g/mol. The normalized spacial score (nSPS) is 15.1. The van der Waals surface area contributed by atoms with Gasteiger partial charge in [-0.2, -0.15) is 0 Å². The molecule has 4 nitrogen and oxygen atoms in total. The van der Waals surface area contributed by atoms with E-state index in [1.54, 1.807) is 0 Å². The van der Waals surface area contributed by atoms with Crippen LogP contribution < -0.4 is 5.32 Å². The third-order valence-electron chi connectivity index (χ3n) is 2.29. The number of aliphatic hydroxyl groups is 1. The van der Waals surface area contributed by atoms with E-state index in [2.05, 4.69) is 23.9 Å². The van der Waals surface area contributed by atoms with Crippen LogP contribution in [-0.2, 0) is 9.53 Å². The van der Waals surface area contributed by atoms with Crippen LogP contribution in [0.3, 0.4) is 0 Å². The lowest BCUT2D eigenvalue weighted by atomic mass is 10.0. The van der Waals surface area contributed by atoms with Crippen molar-refractivity contribution in [2.24, 2.45) is 11.8 Å². The van der Waals surface area contributed by atoms with Crippen LogP contribution >= 0.6 is 0 Å². The molecular formula is C11H23NO3. The van der Waals surface area contributed by atoms with E-state index in [9.17, 15) is 4.79 Å². The Morgan fingerprint density at radius 2 is 2.00 bits per heavy atom. The van der Waals surface area contributed by atoms with Gasteiger partial charge in [0, 0.05) is 12.6 Å². The highest BCUT2D eigenvalue weighted by atomic mass is 16.5. The van der Waals surface area contributed by atoms with Crippen LogP contribution in [0, 0.1) is 11.8 Å². The Balaban J connectivity index is 3.84. The molecule has 4 heteroatoms. The second-order valence-corrected chi connectivity index (χ2v) is 4.34. The second-order valence-electron chi connectivity index (χ2n) is 4.34. The molecule has 0 aromatic carbocycles. The van der Waals surface area contributed by atoms with Crippen molar-refractivity contribution in [1.82, 2.24) is 5.32 Å². The highest BCUT2D eigenvalue weighted by molar-refractivity contribution is 5.72. The first-order valence-corrected chi connectivity index (χ1v) is 5.43. The second kappa shape index (κ2) is 7.65. The van der Waals surface area contributed by atoms with Gasteiger partial charge < -0.3 is 15.2 Å². The van der Waals surface area contributed by atoms with E-state index >= 15 is 0 Å². The Kier molecular flexibility index (Phi) is 7.34. The van der Waals surface area contributed by atoms with Crippen LogP contribution in [0.5, 0.6) is 0 Å². The first-order chi connectivity index (χ1) is 7.01. The first-order valence-electron chi connectivity index (χ1n) is 5.43. The van der Waals surface area contributed by atoms with Gasteiger partial charge in [-0.1, -0.05) is 20.8 Å². The number of hydrogen-bond donors (Lipinski definition) is 2. The van der Waals surface area contributed by atoms with E-state index in [4.69, 9.17) is 5.11 Å². The summed E-state index contributed by atoms with van der Waals surface area (Å²) in [5.41, 5.74) is 0. The van der Waals surface area contributed by atoms with Gasteiger partial charge in [-0.05, 0) is 12.3 Å². The van der Waals surface area contributed by atoms with Crippen molar-refractivity contribution < 1.29 is 14.6 Å². The predicted molar refractivity (Wildman–Crippen MR) is 59.5 cm³/mol. The molecule has 2 unspecified atom stereocenters. The fourth-order valence-corrected chi connectivity index (χ4v) is 1.42. The maximum absolute atomic E-state index is 11.1. The number of esters is 1. The Morgan fingerprint density at radius 3 is 2.40 bits per heavy atom. The minimum absolute atomic E-state index is 0.0668. The van der Waals surface area contributed by atoms with E-state index in [-0.39, 0.29) is 24.5 Å². The molecule has 0 saturated carbocycles. The molecule has 0 aliphatic heterocycles. The lowest BCUT2D eigenvalue weighted by Gasteiger charge is -2.20. The molecule has 0 spiro atoms. The number of ether oxygens (including phenoxy) is 1. The van der Waals surface area contributed by atoms with E-state index in [0.29, 0.717) is 12.5 Å². The summed E-state index contributed by atoms with van der Waals surface area (Å²) in [5.74, 6) is 0.142. The zero-order valence-corrected chi connectivity index (χ0v) is 10.1. The molecule has 0 bridgehead atoms. The molecule has 0 aliphatic rings. The lowest BCUT2D eigenvalue weighted by Crippen LogP contribution is -2.38. The molecule has 0 fully saturated rings. The standard InChI is InChI=1S/C11H23NO3/c1-8(2)5-10(7-13)12-6-9(3)11(14)15-4/h8-10,12-13H,5-7H2,1-4H3. The van der Waals surface area contributed by atoms with Crippen molar-refractivity contribution in [2.45, 2.75) is 33.2 Å². The third-order valence-corrected chi connectivity index (χ3v) is 2.29. The highest BCUT2D eigenvalue weighted by Crippen LogP contribution is 2.05. The third kappa shape index (κ3) is 6.47. The fourth-order valence-electron chi connectivity index (χ4n) is 1.42. The molecule has 0 aliphatic carbocycles. The summed E-state index contributed by atoms with van der Waals surface area (Å²) in [6.45, 7) is 6.67. The summed E-state index contributed by atoms with van der Waals surface area (Å²) in [6.07, 6.45) is 0.907. The summed E-state index contributed by atoms with van der Waals surface area (Å²) in [6, 6.07) is 0.0668. The van der Waals surface area contributed by atoms with Crippen molar-refractivity contribution in [1.29, 1.82) is 0 Å². The molecule has 0 heterocycles. The largest absolute Gasteiger partial charge is 0.469 e. The molecule has 0 radical (unpaired) electrons. The molecule has 2 atom stereocenters. The van der Waals surface area contributed by atoms with Crippen LogP contribution in [0.25, 0.3) is 0 Å². The number of nitrogens with one attached hydrogen (secondary N) is 1. The van der Waals surface area contributed by atoms with Gasteiger partial charge in [0.05, 0.1) is 19.6 Å². The summed E-state index contributed by atoms with van der Waals surface area (Å²) in [4.78, 5) is 11.1. The van der Waals surface area contributed by atoms with E-state index in [1.807, 2.05) is 6.92 Å². The highest BCUT2D eigenvalue weighted by Gasteiger charge is 2.15. The van der Waals surface area contributed by atoms with Crippen LogP contribution in [-0.4, -0.2) is 37.4 Å². The predicted octanol–water partition coefficient (Wildman–Crippen LogP) is 0.792. The van der Waals surface area contributed by atoms with Crippen LogP contribution in [0.4, 0.5) is 0 Å². The van der Waals surface area contributed by atoms with Crippen molar-refractivity contribution in [2.75, 3.05) is 20.3 Å².